The SMILES string of the molecule is C=CC(=O)N1CCN(c2nc(N3CC4(COC4)C3)nc3c(F)c(-c4c(O)cccc4F)c(Cl)cc23)CC1C. The van der Waals surface area contributed by atoms with Gasteiger partial charge in [-0.3, -0.25) is 4.79 Å². The first-order valence-corrected chi connectivity index (χ1v) is 12.8. The Morgan fingerprint density at radius 3 is 2.61 bits per heavy atom. The number of phenolic OH excluding ortho intramolecular Hbond substituents is 1. The maximum absolute atomic E-state index is 16.2. The third-order valence-electron chi connectivity index (χ3n) is 7.63. The van der Waals surface area contributed by atoms with Gasteiger partial charge < -0.3 is 24.5 Å². The minimum absolute atomic E-state index is 0.0184. The summed E-state index contributed by atoms with van der Waals surface area (Å²) < 4.78 is 36.4. The number of fused-ring (bicyclic) bond motifs is 1. The first-order valence-electron chi connectivity index (χ1n) is 12.4. The zero-order valence-corrected chi connectivity index (χ0v) is 21.5. The molecule has 2 aromatic carbocycles. The van der Waals surface area contributed by atoms with Crippen LogP contribution in [0.4, 0.5) is 20.5 Å². The lowest BCUT2D eigenvalue weighted by Crippen LogP contribution is -2.66. The summed E-state index contributed by atoms with van der Waals surface area (Å²) in [7, 11) is 0. The van der Waals surface area contributed by atoms with E-state index in [4.69, 9.17) is 21.3 Å². The molecule has 3 saturated heterocycles. The van der Waals surface area contributed by atoms with Crippen molar-refractivity contribution in [3.63, 3.8) is 0 Å². The van der Waals surface area contributed by atoms with E-state index >= 15 is 4.39 Å². The molecule has 1 amide bonds. The van der Waals surface area contributed by atoms with Crippen molar-refractivity contribution in [2.75, 3.05) is 55.7 Å². The molecule has 0 bridgehead atoms. The molecular weight excluding hydrogens is 516 g/mol. The Labute approximate surface area is 223 Å². The Bertz CT molecular complexity index is 1450. The predicted molar refractivity (Wildman–Crippen MR) is 141 cm³/mol. The number of aromatic nitrogens is 2. The summed E-state index contributed by atoms with van der Waals surface area (Å²) in [5.74, 6) is -1.38. The highest BCUT2D eigenvalue weighted by Crippen LogP contribution is 2.44. The lowest BCUT2D eigenvalue weighted by molar-refractivity contribution is -0.128. The minimum atomic E-state index is -0.839. The highest BCUT2D eigenvalue weighted by Gasteiger charge is 2.50. The van der Waals surface area contributed by atoms with Gasteiger partial charge >= 0.3 is 0 Å². The maximum Gasteiger partial charge on any atom is 0.246 e. The molecule has 1 atom stereocenters. The predicted octanol–water partition coefficient (Wildman–Crippen LogP) is 3.99. The zero-order valence-electron chi connectivity index (χ0n) is 20.8. The van der Waals surface area contributed by atoms with Crippen molar-refractivity contribution >= 4 is 40.2 Å². The maximum atomic E-state index is 16.2. The molecule has 11 heteroatoms. The average molecular weight is 542 g/mol. The second-order valence-corrected chi connectivity index (χ2v) is 10.7. The Kier molecular flexibility index (Phi) is 5.92. The molecule has 1 aromatic heterocycles. The summed E-state index contributed by atoms with van der Waals surface area (Å²) in [6.45, 7) is 9.58. The molecule has 3 aliphatic rings. The highest BCUT2D eigenvalue weighted by atomic mass is 35.5. The van der Waals surface area contributed by atoms with E-state index in [9.17, 15) is 14.3 Å². The van der Waals surface area contributed by atoms with E-state index in [2.05, 4.69) is 11.6 Å². The molecule has 6 rings (SSSR count). The number of benzene rings is 2. The molecule has 8 nitrogen and oxygen atoms in total. The van der Waals surface area contributed by atoms with Gasteiger partial charge in [-0.1, -0.05) is 24.2 Å². The van der Waals surface area contributed by atoms with E-state index in [0.29, 0.717) is 63.1 Å². The Morgan fingerprint density at radius 2 is 1.97 bits per heavy atom. The fraction of sp³-hybridized carbons (Fsp3) is 0.370. The lowest BCUT2D eigenvalue weighted by atomic mass is 9.78. The number of rotatable bonds is 4. The highest BCUT2D eigenvalue weighted by molar-refractivity contribution is 6.34. The number of carbonyl (C=O) groups is 1. The number of halogens is 3. The van der Waals surface area contributed by atoms with E-state index in [-0.39, 0.29) is 39.0 Å². The van der Waals surface area contributed by atoms with Crippen molar-refractivity contribution in [3.8, 4) is 16.9 Å². The van der Waals surface area contributed by atoms with Crippen LogP contribution in [0.15, 0.2) is 36.9 Å². The quantitative estimate of drug-likeness (QED) is 0.500. The number of carbonyl (C=O) groups excluding carboxylic acids is 1. The van der Waals surface area contributed by atoms with Crippen LogP contribution >= 0.6 is 11.6 Å². The van der Waals surface area contributed by atoms with Crippen LogP contribution in [0.25, 0.3) is 22.0 Å². The van der Waals surface area contributed by atoms with E-state index in [1.54, 1.807) is 4.90 Å². The van der Waals surface area contributed by atoms with E-state index in [1.807, 2.05) is 16.7 Å². The van der Waals surface area contributed by atoms with Crippen LogP contribution in [0.3, 0.4) is 0 Å². The van der Waals surface area contributed by atoms with Gasteiger partial charge in [0.1, 0.15) is 22.9 Å². The number of aromatic hydroxyl groups is 1. The minimum Gasteiger partial charge on any atom is -0.507 e. The molecule has 3 fully saturated rings. The van der Waals surface area contributed by atoms with Crippen molar-refractivity contribution in [3.05, 3.63) is 53.6 Å². The van der Waals surface area contributed by atoms with E-state index < -0.39 is 17.4 Å². The topological polar surface area (TPSA) is 82.0 Å². The van der Waals surface area contributed by atoms with Gasteiger partial charge in [0.15, 0.2) is 5.82 Å². The number of nitrogens with zero attached hydrogens (tertiary/aromatic N) is 5. The van der Waals surface area contributed by atoms with Crippen molar-refractivity contribution in [1.82, 2.24) is 14.9 Å². The number of phenols is 1. The van der Waals surface area contributed by atoms with Crippen molar-refractivity contribution in [1.29, 1.82) is 0 Å². The summed E-state index contributed by atoms with van der Waals surface area (Å²) in [6, 6.07) is 5.13. The van der Waals surface area contributed by atoms with Gasteiger partial charge in [-0.05, 0) is 31.2 Å². The van der Waals surface area contributed by atoms with Gasteiger partial charge in [-0.2, -0.15) is 4.98 Å². The van der Waals surface area contributed by atoms with Crippen molar-refractivity contribution < 1.29 is 23.4 Å². The largest absolute Gasteiger partial charge is 0.507 e. The molecule has 0 aliphatic carbocycles. The standard InChI is InChI=1S/C27H26ClF2N5O3/c1-3-20(37)35-8-7-33(10-15(35)2)25-16-9-17(28)21(22-18(29)5-4-6-19(22)36)23(30)24(16)31-26(32-25)34-11-27(12-34)13-38-14-27/h3-6,9,15,36H,1,7-8,10-14H2,2H3. The Balaban J connectivity index is 1.49. The molecule has 0 radical (unpaired) electrons. The third kappa shape index (κ3) is 3.85. The fourth-order valence-corrected chi connectivity index (χ4v) is 5.90. The van der Waals surface area contributed by atoms with Gasteiger partial charge in [0, 0.05) is 49.7 Å². The normalized spacial score (nSPS) is 20.4. The number of amides is 1. The summed E-state index contributed by atoms with van der Waals surface area (Å²) in [5, 5.41) is 10.7. The van der Waals surface area contributed by atoms with Gasteiger partial charge in [0.25, 0.3) is 0 Å². The molecule has 198 valence electrons. The first-order chi connectivity index (χ1) is 18.2. The molecule has 38 heavy (non-hydrogen) atoms. The first kappa shape index (κ1) is 24.8. The molecular formula is C27H26ClF2N5O3. The van der Waals surface area contributed by atoms with Crippen LogP contribution in [0, 0.1) is 17.0 Å². The van der Waals surface area contributed by atoms with Crippen molar-refractivity contribution in [2.45, 2.75) is 13.0 Å². The van der Waals surface area contributed by atoms with Crippen LogP contribution in [-0.2, 0) is 9.53 Å². The van der Waals surface area contributed by atoms with Gasteiger partial charge in [-0.15, -0.1) is 0 Å². The van der Waals surface area contributed by atoms with Gasteiger partial charge in [-0.25, -0.2) is 13.8 Å². The van der Waals surface area contributed by atoms with Crippen LogP contribution in [0.2, 0.25) is 5.02 Å². The van der Waals surface area contributed by atoms with Crippen molar-refractivity contribution in [2.24, 2.45) is 5.41 Å². The van der Waals surface area contributed by atoms with E-state index in [1.165, 1.54) is 24.3 Å². The molecule has 3 aliphatic heterocycles. The monoisotopic (exact) mass is 541 g/mol. The summed E-state index contributed by atoms with van der Waals surface area (Å²) >= 11 is 6.53. The number of ether oxygens (including phenoxy) is 1. The lowest BCUT2D eigenvalue weighted by Gasteiger charge is -2.55. The summed E-state index contributed by atoms with van der Waals surface area (Å²) in [4.78, 5) is 27.4. The fourth-order valence-electron chi connectivity index (χ4n) is 5.61. The second-order valence-electron chi connectivity index (χ2n) is 10.3. The smallest absolute Gasteiger partial charge is 0.246 e. The van der Waals surface area contributed by atoms with Gasteiger partial charge in [0.2, 0.25) is 11.9 Å². The van der Waals surface area contributed by atoms with Crippen LogP contribution in [0.5, 0.6) is 5.75 Å². The van der Waals surface area contributed by atoms with Gasteiger partial charge in [0.05, 0.1) is 29.2 Å². The molecule has 1 spiro atoms. The molecule has 3 aromatic rings. The second kappa shape index (κ2) is 9.06. The number of piperazine rings is 1. The third-order valence-corrected chi connectivity index (χ3v) is 7.93. The molecule has 4 heterocycles. The van der Waals surface area contributed by atoms with Crippen LogP contribution in [0.1, 0.15) is 6.92 Å². The Morgan fingerprint density at radius 1 is 1.21 bits per heavy atom. The van der Waals surface area contributed by atoms with Crippen LogP contribution in [-0.4, -0.2) is 77.9 Å². The molecule has 0 saturated carbocycles. The number of hydrogen-bond acceptors (Lipinski definition) is 7. The van der Waals surface area contributed by atoms with E-state index in [0.717, 1.165) is 6.07 Å². The number of hydrogen-bond donors (Lipinski definition) is 1. The Hall–Kier alpha value is -3.50. The molecule has 1 N–H and O–H groups in total. The number of anilines is 2. The molecule has 1 unspecified atom stereocenters. The summed E-state index contributed by atoms with van der Waals surface area (Å²) in [6.07, 6.45) is 1.29. The van der Waals surface area contributed by atoms with Crippen LogP contribution < -0.4 is 9.80 Å². The zero-order chi connectivity index (χ0) is 26.8. The average Bonchev–Trinajstić information content (AvgIpc) is 2.83. The summed E-state index contributed by atoms with van der Waals surface area (Å²) in [5.41, 5.74) is -0.521.